The highest BCUT2D eigenvalue weighted by Crippen LogP contribution is 2.51. The Hall–Kier alpha value is -7.20. The number of benzene rings is 9. The molecule has 0 bridgehead atoms. The molecule has 3 heteroatoms. The van der Waals surface area contributed by atoms with Crippen LogP contribution in [0.15, 0.2) is 217 Å². The summed E-state index contributed by atoms with van der Waals surface area (Å²) in [7, 11) is 0. The molecule has 0 fully saturated rings. The molecule has 0 unspecified atom stereocenters. The predicted octanol–water partition coefficient (Wildman–Crippen LogP) is 16.1. The second kappa shape index (κ2) is 13.8. The van der Waals surface area contributed by atoms with Crippen LogP contribution >= 0.6 is 11.3 Å². The first-order valence-corrected chi connectivity index (χ1v) is 20.2. The predicted molar refractivity (Wildman–Crippen MR) is 243 cm³/mol. The first-order chi connectivity index (χ1) is 28.3. The van der Waals surface area contributed by atoms with Gasteiger partial charge in [-0.1, -0.05) is 176 Å². The van der Waals surface area contributed by atoms with Crippen molar-refractivity contribution >= 4 is 70.5 Å². The molecule has 0 atom stereocenters. The lowest BCUT2D eigenvalue weighted by molar-refractivity contribution is 0.670. The number of hydrogen-bond acceptors (Lipinski definition) is 3. The average molecular weight is 746 g/mol. The third kappa shape index (κ3) is 5.63. The Bertz CT molecular complexity index is 3230. The molecule has 0 saturated carbocycles. The molecule has 0 aliphatic heterocycles. The van der Waals surface area contributed by atoms with Crippen LogP contribution in [0.4, 0.5) is 17.1 Å². The molecule has 0 aliphatic rings. The number of fused-ring (bicyclic) bond motifs is 6. The minimum atomic E-state index is 0.904. The Morgan fingerprint density at radius 1 is 0.351 bits per heavy atom. The molecule has 0 amide bonds. The van der Waals surface area contributed by atoms with E-state index in [1.54, 1.807) is 0 Å². The lowest BCUT2D eigenvalue weighted by atomic mass is 9.87. The fraction of sp³-hybridized carbons (Fsp3) is 0. The van der Waals surface area contributed by atoms with Crippen LogP contribution in [0, 0.1) is 0 Å². The fourth-order valence-corrected chi connectivity index (χ4v) is 9.73. The molecule has 2 heterocycles. The van der Waals surface area contributed by atoms with Gasteiger partial charge in [-0.15, -0.1) is 11.3 Å². The number of furan rings is 1. The minimum Gasteiger partial charge on any atom is -0.455 e. The molecule has 0 spiro atoms. The summed E-state index contributed by atoms with van der Waals surface area (Å²) in [5.74, 6) is 0. The van der Waals surface area contributed by atoms with E-state index in [0.29, 0.717) is 0 Å². The van der Waals surface area contributed by atoms with Crippen molar-refractivity contribution in [2.45, 2.75) is 0 Å². The Morgan fingerprint density at radius 3 is 1.70 bits per heavy atom. The van der Waals surface area contributed by atoms with Crippen molar-refractivity contribution in [1.29, 1.82) is 0 Å². The van der Waals surface area contributed by atoms with E-state index in [1.165, 1.54) is 53.6 Å². The standard InChI is InChI=1S/C54H35NOS/c1-3-16-36(17-4-1)40-20-7-8-23-45(40)52-41(37-18-5-2-6-19-37)24-14-28-48(52)55(49-29-15-27-47-44-22-10-12-31-51(44)57-54(47)49)39-34-32-38(33-35-39)42-25-13-26-46-43-21-9-11-30-50(43)56-53(42)46/h1-35H. The zero-order chi connectivity index (χ0) is 37.7. The van der Waals surface area contributed by atoms with Crippen LogP contribution in [-0.4, -0.2) is 0 Å². The number of thiophene rings is 1. The lowest BCUT2D eigenvalue weighted by Gasteiger charge is -2.30. The first-order valence-electron chi connectivity index (χ1n) is 19.3. The quantitative estimate of drug-likeness (QED) is 0.162. The first kappa shape index (κ1) is 33.2. The van der Waals surface area contributed by atoms with Crippen molar-refractivity contribution < 1.29 is 4.42 Å². The maximum Gasteiger partial charge on any atom is 0.143 e. The summed E-state index contributed by atoms with van der Waals surface area (Å²) in [6, 6.07) is 76.4. The minimum absolute atomic E-state index is 0.904. The molecular weight excluding hydrogens is 711 g/mol. The highest BCUT2D eigenvalue weighted by atomic mass is 32.1. The fourth-order valence-electron chi connectivity index (χ4n) is 8.52. The molecule has 2 aromatic heterocycles. The molecule has 11 rings (SSSR count). The zero-order valence-corrected chi connectivity index (χ0v) is 31.8. The molecule has 0 radical (unpaired) electrons. The van der Waals surface area contributed by atoms with Crippen LogP contribution < -0.4 is 4.90 Å². The zero-order valence-electron chi connectivity index (χ0n) is 31.0. The molecule has 2 nitrogen and oxygen atoms in total. The van der Waals surface area contributed by atoms with Crippen LogP contribution in [0.1, 0.15) is 0 Å². The molecule has 9 aromatic carbocycles. The molecule has 11 aromatic rings. The van der Waals surface area contributed by atoms with Gasteiger partial charge < -0.3 is 9.32 Å². The Kier molecular flexibility index (Phi) is 8.04. The van der Waals surface area contributed by atoms with Crippen molar-refractivity contribution in [2.75, 3.05) is 4.90 Å². The van der Waals surface area contributed by atoms with E-state index in [0.717, 1.165) is 50.1 Å². The van der Waals surface area contributed by atoms with E-state index in [4.69, 9.17) is 4.42 Å². The van der Waals surface area contributed by atoms with Gasteiger partial charge in [-0.3, -0.25) is 0 Å². The second-order valence-electron chi connectivity index (χ2n) is 14.4. The van der Waals surface area contributed by atoms with Gasteiger partial charge in [0, 0.05) is 43.1 Å². The number of para-hydroxylation sites is 2. The number of hydrogen-bond donors (Lipinski definition) is 0. The van der Waals surface area contributed by atoms with Gasteiger partial charge >= 0.3 is 0 Å². The molecule has 268 valence electrons. The lowest BCUT2D eigenvalue weighted by Crippen LogP contribution is -2.12. The van der Waals surface area contributed by atoms with Gasteiger partial charge in [0.25, 0.3) is 0 Å². The van der Waals surface area contributed by atoms with Crippen LogP contribution in [0.25, 0.3) is 86.6 Å². The maximum absolute atomic E-state index is 6.49. The molecule has 0 N–H and O–H groups in total. The van der Waals surface area contributed by atoms with E-state index < -0.39 is 0 Å². The maximum atomic E-state index is 6.49. The van der Waals surface area contributed by atoms with Crippen molar-refractivity contribution in [3.8, 4) is 44.5 Å². The van der Waals surface area contributed by atoms with E-state index in [-0.39, 0.29) is 0 Å². The SMILES string of the molecule is c1ccc(-c2ccccc2-c2c(-c3ccccc3)cccc2N(c2ccc(-c3cccc4c3oc3ccccc34)cc2)c2cccc3c2sc2ccccc23)cc1. The van der Waals surface area contributed by atoms with E-state index in [2.05, 4.69) is 205 Å². The highest BCUT2D eigenvalue weighted by Gasteiger charge is 2.25. The summed E-state index contributed by atoms with van der Waals surface area (Å²) < 4.78 is 9.02. The van der Waals surface area contributed by atoms with Crippen LogP contribution in [0.2, 0.25) is 0 Å². The Balaban J connectivity index is 1.18. The molecule has 57 heavy (non-hydrogen) atoms. The molecule has 0 saturated heterocycles. The summed E-state index contributed by atoms with van der Waals surface area (Å²) >= 11 is 1.86. The van der Waals surface area contributed by atoms with E-state index in [1.807, 2.05) is 23.5 Å². The van der Waals surface area contributed by atoms with Gasteiger partial charge in [-0.05, 0) is 69.8 Å². The topological polar surface area (TPSA) is 16.4 Å². The molecular formula is C54H35NOS. The normalized spacial score (nSPS) is 11.5. The van der Waals surface area contributed by atoms with E-state index >= 15 is 0 Å². The smallest absolute Gasteiger partial charge is 0.143 e. The summed E-state index contributed by atoms with van der Waals surface area (Å²) in [6.07, 6.45) is 0. The number of rotatable bonds is 7. The summed E-state index contributed by atoms with van der Waals surface area (Å²) in [5.41, 5.74) is 14.4. The van der Waals surface area contributed by atoms with Crippen molar-refractivity contribution in [2.24, 2.45) is 0 Å². The van der Waals surface area contributed by atoms with E-state index in [9.17, 15) is 0 Å². The third-order valence-electron chi connectivity index (χ3n) is 11.1. The number of anilines is 3. The summed E-state index contributed by atoms with van der Waals surface area (Å²) in [6.45, 7) is 0. The van der Waals surface area contributed by atoms with Gasteiger partial charge in [0.1, 0.15) is 11.2 Å². The third-order valence-corrected chi connectivity index (χ3v) is 12.3. The van der Waals surface area contributed by atoms with Gasteiger partial charge in [-0.25, -0.2) is 0 Å². The van der Waals surface area contributed by atoms with Gasteiger partial charge in [-0.2, -0.15) is 0 Å². The number of nitrogens with zero attached hydrogens (tertiary/aromatic N) is 1. The van der Waals surface area contributed by atoms with Crippen molar-refractivity contribution in [3.05, 3.63) is 212 Å². The average Bonchev–Trinajstić information content (AvgIpc) is 3.87. The Morgan fingerprint density at radius 2 is 0.895 bits per heavy atom. The highest BCUT2D eigenvalue weighted by molar-refractivity contribution is 7.26. The van der Waals surface area contributed by atoms with Crippen LogP contribution in [-0.2, 0) is 0 Å². The summed E-state index contributed by atoms with van der Waals surface area (Å²) in [5, 5.41) is 4.80. The van der Waals surface area contributed by atoms with Gasteiger partial charge in [0.15, 0.2) is 0 Å². The van der Waals surface area contributed by atoms with Gasteiger partial charge in [0.05, 0.1) is 16.1 Å². The second-order valence-corrected chi connectivity index (χ2v) is 15.4. The summed E-state index contributed by atoms with van der Waals surface area (Å²) in [4.78, 5) is 2.48. The molecule has 0 aliphatic carbocycles. The van der Waals surface area contributed by atoms with Gasteiger partial charge in [0.2, 0.25) is 0 Å². The van der Waals surface area contributed by atoms with Crippen molar-refractivity contribution in [3.63, 3.8) is 0 Å². The van der Waals surface area contributed by atoms with Crippen LogP contribution in [0.3, 0.4) is 0 Å². The van der Waals surface area contributed by atoms with Crippen molar-refractivity contribution in [1.82, 2.24) is 0 Å². The van der Waals surface area contributed by atoms with Crippen LogP contribution in [0.5, 0.6) is 0 Å². The monoisotopic (exact) mass is 745 g/mol. The Labute approximate surface area is 335 Å². The largest absolute Gasteiger partial charge is 0.455 e.